The second-order valence-corrected chi connectivity index (χ2v) is 7.19. The van der Waals surface area contributed by atoms with Crippen molar-refractivity contribution in [3.8, 4) is 11.1 Å². The Bertz CT molecular complexity index is 924. The van der Waals surface area contributed by atoms with Crippen molar-refractivity contribution in [2.45, 2.75) is 38.8 Å². The molecule has 6 nitrogen and oxygen atoms in total. The zero-order chi connectivity index (χ0) is 18.3. The first-order valence-corrected chi connectivity index (χ1v) is 8.99. The van der Waals surface area contributed by atoms with Gasteiger partial charge in [0.2, 0.25) is 5.91 Å². The molecule has 0 spiro atoms. The summed E-state index contributed by atoms with van der Waals surface area (Å²) in [5, 5.41) is 0. The fourth-order valence-electron chi connectivity index (χ4n) is 4.08. The van der Waals surface area contributed by atoms with Gasteiger partial charge in [-0.3, -0.25) is 9.78 Å². The maximum Gasteiger partial charge on any atom is 0.220 e. The summed E-state index contributed by atoms with van der Waals surface area (Å²) in [6.45, 7) is 4.27. The van der Waals surface area contributed by atoms with Crippen LogP contribution in [0.25, 0.3) is 16.8 Å². The number of amides is 1. The SMILES string of the molecule is CC1CC(C(N)=O)CC(C)N1c1cn2cc(-c3ccncc3)ccc2n1. The van der Waals surface area contributed by atoms with Crippen molar-refractivity contribution < 1.29 is 4.79 Å². The van der Waals surface area contributed by atoms with Crippen LogP contribution in [-0.2, 0) is 4.79 Å². The van der Waals surface area contributed by atoms with Gasteiger partial charge in [-0.2, -0.15) is 0 Å². The molecule has 26 heavy (non-hydrogen) atoms. The summed E-state index contributed by atoms with van der Waals surface area (Å²) in [4.78, 5) is 22.8. The van der Waals surface area contributed by atoms with Crippen LogP contribution in [0.15, 0.2) is 49.1 Å². The Morgan fingerprint density at radius 1 is 1.04 bits per heavy atom. The van der Waals surface area contributed by atoms with Gasteiger partial charge in [-0.05, 0) is 62.1 Å². The fraction of sp³-hybridized carbons (Fsp3) is 0.350. The maximum atomic E-state index is 11.6. The Labute approximate surface area is 152 Å². The summed E-state index contributed by atoms with van der Waals surface area (Å²) in [6, 6.07) is 8.55. The summed E-state index contributed by atoms with van der Waals surface area (Å²) in [5.74, 6) is 0.701. The minimum atomic E-state index is -0.194. The number of nitrogens with zero attached hydrogens (tertiary/aromatic N) is 4. The van der Waals surface area contributed by atoms with Gasteiger partial charge in [0.05, 0.1) is 6.20 Å². The summed E-state index contributed by atoms with van der Waals surface area (Å²) in [7, 11) is 0. The highest BCUT2D eigenvalue weighted by Gasteiger charge is 2.34. The van der Waals surface area contributed by atoms with Gasteiger partial charge in [-0.25, -0.2) is 4.98 Å². The highest BCUT2D eigenvalue weighted by atomic mass is 16.1. The molecule has 1 amide bonds. The second-order valence-electron chi connectivity index (χ2n) is 7.19. The molecule has 1 aliphatic heterocycles. The van der Waals surface area contributed by atoms with Crippen molar-refractivity contribution in [1.82, 2.24) is 14.4 Å². The molecule has 134 valence electrons. The first-order valence-electron chi connectivity index (χ1n) is 8.99. The number of carbonyl (C=O) groups excluding carboxylic acids is 1. The smallest absolute Gasteiger partial charge is 0.220 e. The normalized spacial score (nSPS) is 23.3. The van der Waals surface area contributed by atoms with Crippen LogP contribution >= 0.6 is 0 Å². The lowest BCUT2D eigenvalue weighted by Crippen LogP contribution is -2.49. The molecule has 4 rings (SSSR count). The average molecular weight is 349 g/mol. The number of hydrogen-bond donors (Lipinski definition) is 1. The number of anilines is 1. The number of imidazole rings is 1. The number of piperidine rings is 1. The van der Waals surface area contributed by atoms with Crippen LogP contribution in [0, 0.1) is 5.92 Å². The van der Waals surface area contributed by atoms with Gasteiger partial charge in [0.1, 0.15) is 11.5 Å². The van der Waals surface area contributed by atoms with Crippen LogP contribution in [0.5, 0.6) is 0 Å². The summed E-state index contributed by atoms with van der Waals surface area (Å²) in [6.07, 6.45) is 9.30. The van der Waals surface area contributed by atoms with E-state index in [1.807, 2.05) is 18.2 Å². The molecule has 4 heterocycles. The van der Waals surface area contributed by atoms with Crippen molar-refractivity contribution in [2.75, 3.05) is 4.90 Å². The third kappa shape index (κ3) is 2.92. The number of pyridine rings is 2. The van der Waals surface area contributed by atoms with Crippen molar-refractivity contribution >= 4 is 17.4 Å². The Balaban J connectivity index is 1.66. The van der Waals surface area contributed by atoms with Crippen LogP contribution in [0.2, 0.25) is 0 Å². The van der Waals surface area contributed by atoms with E-state index in [9.17, 15) is 4.79 Å². The molecule has 1 aliphatic rings. The molecule has 3 aromatic heterocycles. The van der Waals surface area contributed by atoms with Gasteiger partial charge < -0.3 is 15.0 Å². The molecule has 0 aliphatic carbocycles. The minimum Gasteiger partial charge on any atom is -0.369 e. The maximum absolute atomic E-state index is 11.6. The Morgan fingerprint density at radius 2 is 1.73 bits per heavy atom. The zero-order valence-corrected chi connectivity index (χ0v) is 15.0. The van der Waals surface area contributed by atoms with Gasteiger partial charge in [0, 0.05) is 36.6 Å². The lowest BCUT2D eigenvalue weighted by atomic mass is 9.87. The molecular formula is C20H23N5O. The molecule has 2 unspecified atom stereocenters. The summed E-state index contributed by atoms with van der Waals surface area (Å²) >= 11 is 0. The molecule has 2 N–H and O–H groups in total. The van der Waals surface area contributed by atoms with Crippen molar-refractivity contribution in [1.29, 1.82) is 0 Å². The highest BCUT2D eigenvalue weighted by molar-refractivity contribution is 5.77. The van der Waals surface area contributed by atoms with E-state index < -0.39 is 0 Å². The number of rotatable bonds is 3. The van der Waals surface area contributed by atoms with Crippen LogP contribution in [-0.4, -0.2) is 32.4 Å². The first kappa shape index (κ1) is 16.6. The number of fused-ring (bicyclic) bond motifs is 1. The lowest BCUT2D eigenvalue weighted by Gasteiger charge is -2.42. The Hall–Kier alpha value is -2.89. The summed E-state index contributed by atoms with van der Waals surface area (Å²) < 4.78 is 2.06. The van der Waals surface area contributed by atoms with E-state index in [1.54, 1.807) is 12.4 Å². The molecule has 2 atom stereocenters. The molecular weight excluding hydrogens is 326 g/mol. The fourth-order valence-corrected chi connectivity index (χ4v) is 4.08. The number of carbonyl (C=O) groups is 1. The summed E-state index contributed by atoms with van der Waals surface area (Å²) in [5.41, 5.74) is 8.69. The first-order chi connectivity index (χ1) is 12.5. The molecule has 0 aromatic carbocycles. The number of aromatic nitrogens is 3. The van der Waals surface area contributed by atoms with Crippen LogP contribution in [0.4, 0.5) is 5.82 Å². The van der Waals surface area contributed by atoms with Crippen LogP contribution in [0.3, 0.4) is 0 Å². The second kappa shape index (κ2) is 6.44. The van der Waals surface area contributed by atoms with Gasteiger partial charge in [0.15, 0.2) is 0 Å². The molecule has 0 saturated carbocycles. The molecule has 1 fully saturated rings. The van der Waals surface area contributed by atoms with E-state index in [0.29, 0.717) is 0 Å². The number of nitrogens with two attached hydrogens (primary N) is 1. The van der Waals surface area contributed by atoms with E-state index in [4.69, 9.17) is 10.7 Å². The Morgan fingerprint density at radius 3 is 2.38 bits per heavy atom. The van der Waals surface area contributed by atoms with Crippen molar-refractivity contribution in [2.24, 2.45) is 11.7 Å². The molecule has 3 aromatic rings. The number of hydrogen-bond acceptors (Lipinski definition) is 4. The minimum absolute atomic E-state index is 0.0495. The van der Waals surface area contributed by atoms with Crippen LogP contribution < -0.4 is 10.6 Å². The lowest BCUT2D eigenvalue weighted by molar-refractivity contribution is -0.122. The van der Waals surface area contributed by atoms with Crippen molar-refractivity contribution in [3.63, 3.8) is 0 Å². The zero-order valence-electron chi connectivity index (χ0n) is 15.0. The van der Waals surface area contributed by atoms with Gasteiger partial charge >= 0.3 is 0 Å². The monoisotopic (exact) mass is 349 g/mol. The van der Waals surface area contributed by atoms with Gasteiger partial charge in [0.25, 0.3) is 0 Å². The van der Waals surface area contributed by atoms with E-state index in [1.165, 1.54) is 0 Å². The predicted molar refractivity (Wildman–Crippen MR) is 102 cm³/mol. The van der Waals surface area contributed by atoms with E-state index in [0.717, 1.165) is 35.4 Å². The highest BCUT2D eigenvalue weighted by Crippen LogP contribution is 2.32. The van der Waals surface area contributed by atoms with E-state index in [2.05, 4.69) is 46.6 Å². The predicted octanol–water partition coefficient (Wildman–Crippen LogP) is 2.88. The Kier molecular flexibility index (Phi) is 4.11. The van der Waals surface area contributed by atoms with Crippen molar-refractivity contribution in [3.05, 3.63) is 49.1 Å². The number of primary amides is 1. The van der Waals surface area contributed by atoms with E-state index >= 15 is 0 Å². The van der Waals surface area contributed by atoms with Gasteiger partial charge in [-0.1, -0.05) is 0 Å². The molecule has 1 saturated heterocycles. The molecule has 0 radical (unpaired) electrons. The van der Waals surface area contributed by atoms with Gasteiger partial charge in [-0.15, -0.1) is 0 Å². The largest absolute Gasteiger partial charge is 0.369 e. The third-order valence-electron chi connectivity index (χ3n) is 5.32. The molecule has 0 bridgehead atoms. The molecule has 6 heteroatoms. The van der Waals surface area contributed by atoms with E-state index in [-0.39, 0.29) is 23.9 Å². The third-order valence-corrected chi connectivity index (χ3v) is 5.32. The quantitative estimate of drug-likeness (QED) is 0.789. The topological polar surface area (TPSA) is 76.5 Å². The standard InChI is InChI=1S/C20H23N5O/c1-13-9-17(20(21)26)10-14(2)25(13)19-12-24-11-16(3-4-18(24)23-19)15-5-7-22-8-6-15/h3-8,11-14,17H,9-10H2,1-2H3,(H2,21,26). The average Bonchev–Trinajstić information content (AvgIpc) is 3.04. The van der Waals surface area contributed by atoms with Crippen LogP contribution in [0.1, 0.15) is 26.7 Å².